The number of ether oxygens (including phenoxy) is 2. The third-order valence-electron chi connectivity index (χ3n) is 5.40. The zero-order chi connectivity index (χ0) is 21.6. The molecule has 0 amide bonds. The van der Waals surface area contributed by atoms with Crippen LogP contribution >= 0.6 is 0 Å². The molecular weight excluding hydrogens is 386 g/mol. The van der Waals surface area contributed by atoms with Gasteiger partial charge in [0.15, 0.2) is 0 Å². The highest BCUT2D eigenvalue weighted by Gasteiger charge is 2.11. The molecule has 0 spiro atoms. The van der Waals surface area contributed by atoms with Crippen molar-refractivity contribution >= 4 is 22.9 Å². The SMILES string of the molecule is COC(=O)C=Cc1ccc2c(c1)c(CCc1ccccc1)cn2-c1ccc(OC)cc1. The molecule has 3 aromatic carbocycles. The zero-order valence-electron chi connectivity index (χ0n) is 17.7. The molecule has 31 heavy (non-hydrogen) atoms. The minimum absolute atomic E-state index is 0.361. The number of hydrogen-bond donors (Lipinski definition) is 0. The van der Waals surface area contributed by atoms with E-state index in [1.165, 1.54) is 29.7 Å². The van der Waals surface area contributed by atoms with Crippen LogP contribution in [0.15, 0.2) is 85.1 Å². The summed E-state index contributed by atoms with van der Waals surface area (Å²) in [5, 5.41) is 1.18. The van der Waals surface area contributed by atoms with Gasteiger partial charge >= 0.3 is 5.97 Å². The van der Waals surface area contributed by atoms with Crippen molar-refractivity contribution < 1.29 is 14.3 Å². The van der Waals surface area contributed by atoms with Crippen LogP contribution in [0.2, 0.25) is 0 Å². The Bertz CT molecular complexity index is 1200. The highest BCUT2D eigenvalue weighted by atomic mass is 16.5. The Kier molecular flexibility index (Phi) is 6.18. The number of esters is 1. The minimum Gasteiger partial charge on any atom is -0.497 e. The lowest BCUT2D eigenvalue weighted by Gasteiger charge is -2.07. The Labute approximate surface area is 182 Å². The van der Waals surface area contributed by atoms with Crippen molar-refractivity contribution in [2.45, 2.75) is 12.8 Å². The molecule has 4 nitrogen and oxygen atoms in total. The highest BCUT2D eigenvalue weighted by molar-refractivity contribution is 5.91. The molecule has 4 rings (SSSR count). The number of carbonyl (C=O) groups is 1. The quantitative estimate of drug-likeness (QED) is 0.293. The summed E-state index contributed by atoms with van der Waals surface area (Å²) in [5.41, 5.74) is 5.75. The number of fused-ring (bicyclic) bond motifs is 1. The number of rotatable bonds is 7. The van der Waals surface area contributed by atoms with Crippen molar-refractivity contribution in [1.82, 2.24) is 4.57 Å². The zero-order valence-corrected chi connectivity index (χ0v) is 17.7. The summed E-state index contributed by atoms with van der Waals surface area (Å²) < 4.78 is 12.2. The number of aromatic nitrogens is 1. The van der Waals surface area contributed by atoms with Crippen LogP contribution in [0.4, 0.5) is 0 Å². The molecule has 0 fully saturated rings. The van der Waals surface area contributed by atoms with Crippen LogP contribution in [0, 0.1) is 0 Å². The van der Waals surface area contributed by atoms with Crippen molar-refractivity contribution in [2.75, 3.05) is 14.2 Å². The molecule has 0 bridgehead atoms. The smallest absolute Gasteiger partial charge is 0.330 e. The fourth-order valence-electron chi connectivity index (χ4n) is 3.73. The summed E-state index contributed by atoms with van der Waals surface area (Å²) in [4.78, 5) is 11.5. The van der Waals surface area contributed by atoms with E-state index in [1.54, 1.807) is 13.2 Å². The summed E-state index contributed by atoms with van der Waals surface area (Å²) in [5.74, 6) is 0.472. The van der Waals surface area contributed by atoms with Gasteiger partial charge in [-0.05, 0) is 72.0 Å². The van der Waals surface area contributed by atoms with Crippen LogP contribution in [-0.4, -0.2) is 24.8 Å². The van der Waals surface area contributed by atoms with E-state index in [9.17, 15) is 4.79 Å². The van der Waals surface area contributed by atoms with Gasteiger partial charge in [0.05, 0.1) is 19.7 Å². The van der Waals surface area contributed by atoms with Crippen LogP contribution < -0.4 is 4.74 Å². The van der Waals surface area contributed by atoms with Crippen molar-refractivity contribution in [2.24, 2.45) is 0 Å². The molecule has 0 unspecified atom stereocenters. The fraction of sp³-hybridized carbons (Fsp3) is 0.148. The van der Waals surface area contributed by atoms with E-state index in [0.717, 1.165) is 35.4 Å². The molecular formula is C27H25NO3. The van der Waals surface area contributed by atoms with Gasteiger partial charge in [0.1, 0.15) is 5.75 Å². The van der Waals surface area contributed by atoms with Gasteiger partial charge in [-0.2, -0.15) is 0 Å². The van der Waals surface area contributed by atoms with Crippen LogP contribution in [0.3, 0.4) is 0 Å². The van der Waals surface area contributed by atoms with Crippen LogP contribution in [0.25, 0.3) is 22.7 Å². The maximum Gasteiger partial charge on any atom is 0.330 e. The minimum atomic E-state index is -0.361. The van der Waals surface area contributed by atoms with Crippen LogP contribution in [0.1, 0.15) is 16.7 Å². The molecule has 0 atom stereocenters. The topological polar surface area (TPSA) is 40.5 Å². The molecule has 0 aliphatic heterocycles. The van der Waals surface area contributed by atoms with E-state index >= 15 is 0 Å². The first-order chi connectivity index (χ1) is 15.2. The first-order valence-electron chi connectivity index (χ1n) is 10.3. The first kappa shape index (κ1) is 20.5. The van der Waals surface area contributed by atoms with Crippen molar-refractivity contribution in [3.63, 3.8) is 0 Å². The molecule has 0 saturated heterocycles. The average molecular weight is 412 g/mol. The van der Waals surface area contributed by atoms with Gasteiger partial charge in [0.2, 0.25) is 0 Å². The summed E-state index contributed by atoms with van der Waals surface area (Å²) in [6.45, 7) is 0. The van der Waals surface area contributed by atoms with E-state index in [0.29, 0.717) is 0 Å². The number of aryl methyl sites for hydroxylation is 2. The van der Waals surface area contributed by atoms with Gasteiger partial charge in [0, 0.05) is 23.3 Å². The molecule has 0 radical (unpaired) electrons. The summed E-state index contributed by atoms with van der Waals surface area (Å²) in [6.07, 6.45) is 7.34. The van der Waals surface area contributed by atoms with E-state index in [1.807, 2.05) is 24.3 Å². The summed E-state index contributed by atoms with van der Waals surface area (Å²) in [6, 6.07) is 24.8. The average Bonchev–Trinajstić information content (AvgIpc) is 3.19. The summed E-state index contributed by atoms with van der Waals surface area (Å²) in [7, 11) is 3.05. The maximum atomic E-state index is 11.5. The lowest BCUT2D eigenvalue weighted by atomic mass is 10.0. The summed E-state index contributed by atoms with van der Waals surface area (Å²) >= 11 is 0. The van der Waals surface area contributed by atoms with Gasteiger partial charge in [-0.25, -0.2) is 4.79 Å². The predicted octanol–water partition coefficient (Wildman–Crippen LogP) is 5.61. The third-order valence-corrected chi connectivity index (χ3v) is 5.40. The second-order valence-corrected chi connectivity index (χ2v) is 7.34. The van der Waals surface area contributed by atoms with Gasteiger partial charge in [-0.3, -0.25) is 0 Å². The van der Waals surface area contributed by atoms with Crippen molar-refractivity contribution in [3.8, 4) is 11.4 Å². The Morgan fingerprint density at radius 1 is 0.935 bits per heavy atom. The van der Waals surface area contributed by atoms with Gasteiger partial charge in [-0.1, -0.05) is 36.4 Å². The van der Waals surface area contributed by atoms with Crippen LogP contribution in [0.5, 0.6) is 5.75 Å². The number of carbonyl (C=O) groups excluding carboxylic acids is 1. The standard InChI is InChI=1S/C27H25NO3/c1-30-24-14-12-23(13-15-24)28-19-22(11-8-20-6-4-3-5-7-20)25-18-21(9-16-26(25)28)10-17-27(29)31-2/h3-7,9-10,12-19H,8,11H2,1-2H3. The normalized spacial score (nSPS) is 11.2. The Morgan fingerprint density at radius 3 is 2.42 bits per heavy atom. The number of hydrogen-bond acceptors (Lipinski definition) is 3. The Hall–Kier alpha value is -3.79. The highest BCUT2D eigenvalue weighted by Crippen LogP contribution is 2.28. The Balaban J connectivity index is 1.74. The molecule has 1 aromatic heterocycles. The Morgan fingerprint density at radius 2 is 1.71 bits per heavy atom. The van der Waals surface area contributed by atoms with Gasteiger partial charge in [0.25, 0.3) is 0 Å². The van der Waals surface area contributed by atoms with Crippen molar-refractivity contribution in [3.05, 3.63) is 102 Å². The molecule has 0 aliphatic rings. The van der Waals surface area contributed by atoms with E-state index in [4.69, 9.17) is 9.47 Å². The van der Waals surface area contributed by atoms with E-state index in [-0.39, 0.29) is 5.97 Å². The third kappa shape index (κ3) is 4.69. The molecule has 0 aliphatic carbocycles. The molecule has 1 heterocycles. The molecule has 4 heteroatoms. The second-order valence-electron chi connectivity index (χ2n) is 7.34. The molecule has 0 saturated carbocycles. The molecule has 0 N–H and O–H groups in total. The largest absolute Gasteiger partial charge is 0.497 e. The van der Waals surface area contributed by atoms with E-state index < -0.39 is 0 Å². The number of nitrogens with zero attached hydrogens (tertiary/aromatic N) is 1. The maximum absolute atomic E-state index is 11.5. The lowest BCUT2D eigenvalue weighted by Crippen LogP contribution is -1.93. The van der Waals surface area contributed by atoms with E-state index in [2.05, 4.69) is 59.3 Å². The predicted molar refractivity (Wildman–Crippen MR) is 125 cm³/mol. The van der Waals surface area contributed by atoms with Crippen LogP contribution in [-0.2, 0) is 22.4 Å². The monoisotopic (exact) mass is 411 g/mol. The van der Waals surface area contributed by atoms with Gasteiger partial charge < -0.3 is 14.0 Å². The van der Waals surface area contributed by atoms with Crippen molar-refractivity contribution in [1.29, 1.82) is 0 Å². The molecule has 4 aromatic rings. The first-order valence-corrected chi connectivity index (χ1v) is 10.3. The number of methoxy groups -OCH3 is 2. The van der Waals surface area contributed by atoms with Gasteiger partial charge in [-0.15, -0.1) is 0 Å². The number of benzene rings is 3. The fourth-order valence-corrected chi connectivity index (χ4v) is 3.73. The lowest BCUT2D eigenvalue weighted by molar-refractivity contribution is -0.134. The second kappa shape index (κ2) is 9.35. The molecule has 156 valence electrons.